The highest BCUT2D eigenvalue weighted by molar-refractivity contribution is 5.93. The fourth-order valence-corrected chi connectivity index (χ4v) is 3.37. The van der Waals surface area contributed by atoms with Gasteiger partial charge in [0.05, 0.1) is 19.8 Å². The zero-order valence-corrected chi connectivity index (χ0v) is 18.8. The molecular weight excluding hydrogens is 428 g/mol. The van der Waals surface area contributed by atoms with Crippen LogP contribution in [-0.2, 0) is 14.3 Å². The van der Waals surface area contributed by atoms with Gasteiger partial charge in [0, 0.05) is 18.8 Å². The van der Waals surface area contributed by atoms with Crippen LogP contribution in [0.3, 0.4) is 0 Å². The van der Waals surface area contributed by atoms with Gasteiger partial charge in [-0.05, 0) is 61.7 Å². The molecule has 1 heterocycles. The molecule has 0 aromatic heterocycles. The molecule has 2 amide bonds. The monoisotopic (exact) mass is 456 g/mol. The maximum atomic E-state index is 12.4. The van der Waals surface area contributed by atoms with Crippen molar-refractivity contribution < 1.29 is 33.3 Å². The van der Waals surface area contributed by atoms with Gasteiger partial charge in [0.1, 0.15) is 5.75 Å². The first kappa shape index (κ1) is 23.9. The van der Waals surface area contributed by atoms with Gasteiger partial charge < -0.3 is 29.2 Å². The van der Waals surface area contributed by atoms with Gasteiger partial charge in [-0.2, -0.15) is 0 Å². The van der Waals surface area contributed by atoms with Crippen LogP contribution in [0.1, 0.15) is 29.6 Å². The standard InChI is InChI=1S/C24H28N2O7/c1-30-19-9-7-18(8-10-19)25-22(27)15-32-20-11-6-17(14-21(20)31-2)24(29)33-16-23(28)26-12-4-3-5-13-26/h6-11,14H,3-5,12-13,15-16H2,1-2H3,(H,25,27). The van der Waals surface area contributed by atoms with E-state index in [1.807, 2.05) is 0 Å². The zero-order valence-electron chi connectivity index (χ0n) is 18.8. The summed E-state index contributed by atoms with van der Waals surface area (Å²) in [6.45, 7) is 0.839. The van der Waals surface area contributed by atoms with Gasteiger partial charge >= 0.3 is 5.97 Å². The molecule has 0 spiro atoms. The number of ether oxygens (including phenoxy) is 4. The van der Waals surface area contributed by atoms with Crippen molar-refractivity contribution in [3.05, 3.63) is 48.0 Å². The Hall–Kier alpha value is -3.75. The van der Waals surface area contributed by atoms with Crippen LogP contribution in [0.5, 0.6) is 17.2 Å². The number of nitrogens with zero attached hydrogens (tertiary/aromatic N) is 1. The van der Waals surface area contributed by atoms with E-state index in [4.69, 9.17) is 18.9 Å². The largest absolute Gasteiger partial charge is 0.497 e. The van der Waals surface area contributed by atoms with Gasteiger partial charge in [-0.1, -0.05) is 0 Å². The highest BCUT2D eigenvalue weighted by Gasteiger charge is 2.19. The fraction of sp³-hybridized carbons (Fsp3) is 0.375. The number of rotatable bonds is 9. The van der Waals surface area contributed by atoms with E-state index in [0.717, 1.165) is 19.3 Å². The number of carbonyl (C=O) groups excluding carboxylic acids is 3. The zero-order chi connectivity index (χ0) is 23.6. The Morgan fingerprint density at radius 3 is 2.27 bits per heavy atom. The van der Waals surface area contributed by atoms with Gasteiger partial charge in [-0.3, -0.25) is 9.59 Å². The Morgan fingerprint density at radius 1 is 0.879 bits per heavy atom. The molecule has 0 saturated carbocycles. The SMILES string of the molecule is COc1ccc(NC(=O)COc2ccc(C(=O)OCC(=O)N3CCCCC3)cc2OC)cc1. The van der Waals surface area contributed by atoms with Crippen molar-refractivity contribution in [2.75, 3.05) is 45.8 Å². The maximum absolute atomic E-state index is 12.4. The number of piperidine rings is 1. The Morgan fingerprint density at radius 2 is 1.61 bits per heavy atom. The molecule has 3 rings (SSSR count). The number of benzene rings is 2. The van der Waals surface area contributed by atoms with E-state index in [0.29, 0.717) is 30.3 Å². The van der Waals surface area contributed by atoms with Crippen molar-refractivity contribution in [2.24, 2.45) is 0 Å². The molecule has 176 valence electrons. The van der Waals surface area contributed by atoms with Gasteiger partial charge in [0.15, 0.2) is 24.7 Å². The van der Waals surface area contributed by atoms with Crippen LogP contribution < -0.4 is 19.5 Å². The lowest BCUT2D eigenvalue weighted by Gasteiger charge is -2.26. The molecule has 1 aliphatic rings. The molecule has 0 unspecified atom stereocenters. The first-order chi connectivity index (χ1) is 16.0. The van der Waals surface area contributed by atoms with Gasteiger partial charge in [0.2, 0.25) is 0 Å². The summed E-state index contributed by atoms with van der Waals surface area (Å²) in [6, 6.07) is 11.4. The quantitative estimate of drug-likeness (QED) is 0.579. The van der Waals surface area contributed by atoms with Crippen molar-refractivity contribution in [2.45, 2.75) is 19.3 Å². The minimum absolute atomic E-state index is 0.196. The van der Waals surface area contributed by atoms with Crippen LogP contribution in [-0.4, -0.2) is 63.2 Å². The minimum Gasteiger partial charge on any atom is -0.497 e. The number of amides is 2. The first-order valence-electron chi connectivity index (χ1n) is 10.7. The molecule has 1 N–H and O–H groups in total. The van der Waals surface area contributed by atoms with E-state index in [1.54, 1.807) is 36.3 Å². The molecule has 0 aliphatic carbocycles. The molecule has 1 saturated heterocycles. The topological polar surface area (TPSA) is 103 Å². The summed E-state index contributed by atoms with van der Waals surface area (Å²) < 4.78 is 21.1. The van der Waals surface area contributed by atoms with Crippen LogP contribution in [0.4, 0.5) is 5.69 Å². The Balaban J connectivity index is 1.52. The van der Waals surface area contributed by atoms with Crippen molar-refractivity contribution in [1.82, 2.24) is 4.90 Å². The molecule has 9 nitrogen and oxygen atoms in total. The molecule has 0 radical (unpaired) electrons. The second-order valence-electron chi connectivity index (χ2n) is 7.45. The lowest BCUT2D eigenvalue weighted by molar-refractivity contribution is -0.135. The van der Waals surface area contributed by atoms with Crippen LogP contribution in [0.25, 0.3) is 0 Å². The fourth-order valence-electron chi connectivity index (χ4n) is 3.37. The van der Waals surface area contributed by atoms with Gasteiger partial charge in [0.25, 0.3) is 11.8 Å². The molecule has 2 aromatic rings. The normalized spacial score (nSPS) is 13.1. The van der Waals surface area contributed by atoms with Gasteiger partial charge in [-0.25, -0.2) is 4.79 Å². The second kappa shape index (κ2) is 11.8. The molecule has 0 atom stereocenters. The number of esters is 1. The van der Waals surface area contributed by atoms with E-state index in [-0.39, 0.29) is 36.3 Å². The van der Waals surface area contributed by atoms with Crippen LogP contribution >= 0.6 is 0 Å². The van der Waals surface area contributed by atoms with Crippen LogP contribution in [0, 0.1) is 0 Å². The van der Waals surface area contributed by atoms with E-state index < -0.39 is 5.97 Å². The number of likely N-dealkylation sites (tertiary alicyclic amines) is 1. The molecular formula is C24H28N2O7. The number of methoxy groups -OCH3 is 2. The molecule has 9 heteroatoms. The van der Waals surface area contributed by atoms with E-state index >= 15 is 0 Å². The predicted molar refractivity (Wildman–Crippen MR) is 121 cm³/mol. The summed E-state index contributed by atoms with van der Waals surface area (Å²) in [5.41, 5.74) is 0.821. The lowest BCUT2D eigenvalue weighted by atomic mass is 10.1. The molecule has 0 bridgehead atoms. The molecule has 33 heavy (non-hydrogen) atoms. The second-order valence-corrected chi connectivity index (χ2v) is 7.45. The van der Waals surface area contributed by atoms with Crippen molar-refractivity contribution >= 4 is 23.5 Å². The maximum Gasteiger partial charge on any atom is 0.338 e. The Bertz CT molecular complexity index is 969. The third-order valence-electron chi connectivity index (χ3n) is 5.17. The highest BCUT2D eigenvalue weighted by atomic mass is 16.5. The van der Waals surface area contributed by atoms with E-state index in [1.165, 1.54) is 25.3 Å². The molecule has 2 aromatic carbocycles. The van der Waals surface area contributed by atoms with Crippen molar-refractivity contribution in [3.8, 4) is 17.2 Å². The van der Waals surface area contributed by atoms with Gasteiger partial charge in [-0.15, -0.1) is 0 Å². The van der Waals surface area contributed by atoms with Crippen LogP contribution in [0.2, 0.25) is 0 Å². The summed E-state index contributed by atoms with van der Waals surface area (Å²) >= 11 is 0. The Labute approximate surface area is 192 Å². The Kier molecular flexibility index (Phi) is 8.51. The molecule has 1 aliphatic heterocycles. The highest BCUT2D eigenvalue weighted by Crippen LogP contribution is 2.28. The summed E-state index contributed by atoms with van der Waals surface area (Å²) in [6.07, 6.45) is 3.05. The number of anilines is 1. The van der Waals surface area contributed by atoms with E-state index in [2.05, 4.69) is 5.32 Å². The summed E-state index contributed by atoms with van der Waals surface area (Å²) in [7, 11) is 2.99. The summed E-state index contributed by atoms with van der Waals surface area (Å²) in [4.78, 5) is 38.4. The van der Waals surface area contributed by atoms with Crippen LogP contribution in [0.15, 0.2) is 42.5 Å². The number of carbonyl (C=O) groups is 3. The number of hydrogen-bond donors (Lipinski definition) is 1. The lowest BCUT2D eigenvalue weighted by Crippen LogP contribution is -2.38. The molecule has 1 fully saturated rings. The van der Waals surface area contributed by atoms with E-state index in [9.17, 15) is 14.4 Å². The average molecular weight is 456 g/mol. The summed E-state index contributed by atoms with van der Waals surface area (Å²) in [5, 5.41) is 2.71. The third-order valence-corrected chi connectivity index (χ3v) is 5.17. The third kappa shape index (κ3) is 6.86. The smallest absolute Gasteiger partial charge is 0.338 e. The van der Waals surface area contributed by atoms with Crippen molar-refractivity contribution in [3.63, 3.8) is 0 Å². The number of hydrogen-bond acceptors (Lipinski definition) is 7. The average Bonchev–Trinajstić information content (AvgIpc) is 2.86. The first-order valence-corrected chi connectivity index (χ1v) is 10.7. The number of nitrogens with one attached hydrogen (secondary N) is 1. The minimum atomic E-state index is -0.637. The summed E-state index contributed by atoms with van der Waals surface area (Å²) in [5.74, 6) is 0.0538. The predicted octanol–water partition coefficient (Wildman–Crippen LogP) is 2.89. The van der Waals surface area contributed by atoms with Crippen molar-refractivity contribution in [1.29, 1.82) is 0 Å².